The number of benzene rings is 2. The average molecular weight is 206 g/mol. The van der Waals surface area contributed by atoms with Crippen molar-refractivity contribution in [2.24, 2.45) is 0 Å². The van der Waals surface area contributed by atoms with E-state index in [-0.39, 0.29) is 0 Å². The van der Waals surface area contributed by atoms with Crippen LogP contribution < -0.4 is 0 Å². The van der Waals surface area contributed by atoms with E-state index in [0.717, 1.165) is 11.3 Å². The van der Waals surface area contributed by atoms with Gasteiger partial charge in [0.1, 0.15) is 0 Å². The molecule has 2 nitrogen and oxygen atoms in total. The van der Waals surface area contributed by atoms with Crippen LogP contribution in [0.2, 0.25) is 0 Å². The maximum Gasteiger partial charge on any atom is 0.0885 e. The van der Waals surface area contributed by atoms with Crippen molar-refractivity contribution >= 4 is 10.8 Å². The van der Waals surface area contributed by atoms with Crippen molar-refractivity contribution < 1.29 is 0 Å². The van der Waals surface area contributed by atoms with Crippen molar-refractivity contribution in [2.45, 2.75) is 0 Å². The third kappa shape index (κ3) is 1.54. The van der Waals surface area contributed by atoms with Crippen LogP contribution in [-0.2, 0) is 0 Å². The number of aromatic nitrogens is 2. The number of nitrogens with zero attached hydrogens (tertiary/aromatic N) is 2. The quantitative estimate of drug-likeness (QED) is 0.610. The van der Waals surface area contributed by atoms with Gasteiger partial charge in [0.15, 0.2) is 0 Å². The molecule has 0 bridgehead atoms. The second-order valence-corrected chi connectivity index (χ2v) is 3.65. The summed E-state index contributed by atoms with van der Waals surface area (Å²) in [6, 6.07) is 14.6. The Kier molecular flexibility index (Phi) is 2.11. The highest BCUT2D eigenvalue weighted by Crippen LogP contribution is 2.21. The molecule has 0 radical (unpaired) electrons. The number of hydrogen-bond acceptors (Lipinski definition) is 2. The predicted octanol–water partition coefficient (Wildman–Crippen LogP) is 3.30. The van der Waals surface area contributed by atoms with E-state index in [0.29, 0.717) is 0 Å². The van der Waals surface area contributed by atoms with Crippen molar-refractivity contribution in [1.82, 2.24) is 9.97 Å². The lowest BCUT2D eigenvalue weighted by atomic mass is 10.1. The third-order valence-electron chi connectivity index (χ3n) is 2.61. The topological polar surface area (TPSA) is 25.8 Å². The largest absolute Gasteiger partial charge is 0.261 e. The van der Waals surface area contributed by atoms with Crippen LogP contribution in [0.3, 0.4) is 0 Å². The summed E-state index contributed by atoms with van der Waals surface area (Å²) < 4.78 is 0. The summed E-state index contributed by atoms with van der Waals surface area (Å²) in [6.45, 7) is 0. The van der Waals surface area contributed by atoms with E-state index in [2.05, 4.69) is 40.3 Å². The van der Waals surface area contributed by atoms with Crippen molar-refractivity contribution in [3.05, 3.63) is 61.1 Å². The van der Waals surface area contributed by atoms with Gasteiger partial charge in [0.05, 0.1) is 11.9 Å². The Morgan fingerprint density at radius 3 is 2.50 bits per heavy atom. The molecule has 1 aromatic heterocycles. The fraction of sp³-hybridized carbons (Fsp3) is 0. The zero-order chi connectivity index (χ0) is 10.8. The van der Waals surface area contributed by atoms with Crippen LogP contribution in [0.1, 0.15) is 0 Å². The Morgan fingerprint density at radius 1 is 0.812 bits per heavy atom. The molecule has 3 rings (SSSR count). The standard InChI is InChI=1S/C14H10N2/c1-2-4-12-9-13(6-5-11(12)3-1)14-10-15-7-8-16-14/h1-10H. The van der Waals surface area contributed by atoms with Gasteiger partial charge >= 0.3 is 0 Å². The summed E-state index contributed by atoms with van der Waals surface area (Å²) in [5.41, 5.74) is 2.01. The average Bonchev–Trinajstić information content (AvgIpc) is 2.39. The van der Waals surface area contributed by atoms with Crippen LogP contribution in [0.15, 0.2) is 61.1 Å². The molecule has 0 saturated carbocycles. The van der Waals surface area contributed by atoms with E-state index in [4.69, 9.17) is 0 Å². The van der Waals surface area contributed by atoms with E-state index in [1.54, 1.807) is 18.6 Å². The van der Waals surface area contributed by atoms with Gasteiger partial charge < -0.3 is 0 Å². The van der Waals surface area contributed by atoms with E-state index < -0.39 is 0 Å². The number of rotatable bonds is 1. The van der Waals surface area contributed by atoms with Crippen LogP contribution in [-0.4, -0.2) is 9.97 Å². The van der Waals surface area contributed by atoms with Gasteiger partial charge in [0, 0.05) is 18.0 Å². The minimum absolute atomic E-state index is 0.910. The van der Waals surface area contributed by atoms with E-state index in [9.17, 15) is 0 Å². The maximum absolute atomic E-state index is 4.29. The van der Waals surface area contributed by atoms with Gasteiger partial charge in [-0.3, -0.25) is 9.97 Å². The van der Waals surface area contributed by atoms with Crippen LogP contribution in [0.25, 0.3) is 22.0 Å². The van der Waals surface area contributed by atoms with Gasteiger partial charge in [0.25, 0.3) is 0 Å². The van der Waals surface area contributed by atoms with E-state index in [1.165, 1.54) is 10.8 Å². The third-order valence-corrected chi connectivity index (χ3v) is 2.61. The highest BCUT2D eigenvalue weighted by atomic mass is 14.8. The first kappa shape index (κ1) is 9.04. The van der Waals surface area contributed by atoms with Crippen molar-refractivity contribution in [3.63, 3.8) is 0 Å². The molecule has 3 aromatic rings. The molecule has 0 N–H and O–H groups in total. The van der Waals surface area contributed by atoms with E-state index in [1.807, 2.05) is 12.1 Å². The van der Waals surface area contributed by atoms with Gasteiger partial charge in [-0.1, -0.05) is 36.4 Å². The summed E-state index contributed by atoms with van der Waals surface area (Å²) in [7, 11) is 0. The molecule has 0 atom stereocenters. The first-order chi connectivity index (χ1) is 7.93. The Morgan fingerprint density at radius 2 is 1.69 bits per heavy atom. The molecule has 0 saturated heterocycles. The minimum atomic E-state index is 0.910. The fourth-order valence-electron chi connectivity index (χ4n) is 1.80. The Hall–Kier alpha value is -2.22. The summed E-state index contributed by atoms with van der Waals surface area (Å²) in [5.74, 6) is 0. The molecule has 0 aliphatic heterocycles. The van der Waals surface area contributed by atoms with Crippen LogP contribution in [0, 0.1) is 0 Å². The van der Waals surface area contributed by atoms with Gasteiger partial charge in [0.2, 0.25) is 0 Å². The van der Waals surface area contributed by atoms with Gasteiger partial charge in [-0.2, -0.15) is 0 Å². The molecule has 2 heteroatoms. The summed E-state index contributed by atoms with van der Waals surface area (Å²) in [4.78, 5) is 8.37. The number of hydrogen-bond donors (Lipinski definition) is 0. The van der Waals surface area contributed by atoms with Crippen LogP contribution in [0.5, 0.6) is 0 Å². The molecule has 0 amide bonds. The maximum atomic E-state index is 4.29. The smallest absolute Gasteiger partial charge is 0.0885 e. The normalized spacial score (nSPS) is 10.5. The zero-order valence-electron chi connectivity index (χ0n) is 8.67. The monoisotopic (exact) mass is 206 g/mol. The molecular formula is C14H10N2. The van der Waals surface area contributed by atoms with E-state index >= 15 is 0 Å². The summed E-state index contributed by atoms with van der Waals surface area (Å²) in [5, 5.41) is 2.47. The second kappa shape index (κ2) is 3.74. The molecule has 0 fully saturated rings. The molecule has 16 heavy (non-hydrogen) atoms. The lowest BCUT2D eigenvalue weighted by molar-refractivity contribution is 1.21. The molecule has 76 valence electrons. The highest BCUT2D eigenvalue weighted by molar-refractivity contribution is 5.86. The predicted molar refractivity (Wildman–Crippen MR) is 65.0 cm³/mol. The molecule has 0 spiro atoms. The Bertz CT molecular complexity index is 618. The molecular weight excluding hydrogens is 196 g/mol. The van der Waals surface area contributed by atoms with Crippen molar-refractivity contribution in [1.29, 1.82) is 0 Å². The molecule has 0 unspecified atom stereocenters. The van der Waals surface area contributed by atoms with Gasteiger partial charge in [-0.15, -0.1) is 0 Å². The second-order valence-electron chi connectivity index (χ2n) is 3.65. The van der Waals surface area contributed by atoms with Crippen LogP contribution >= 0.6 is 0 Å². The first-order valence-corrected chi connectivity index (χ1v) is 5.19. The van der Waals surface area contributed by atoms with Crippen molar-refractivity contribution in [2.75, 3.05) is 0 Å². The molecule has 0 aliphatic carbocycles. The Labute approximate surface area is 93.6 Å². The lowest BCUT2D eigenvalue weighted by Gasteiger charge is -2.02. The first-order valence-electron chi connectivity index (χ1n) is 5.19. The molecule has 1 heterocycles. The van der Waals surface area contributed by atoms with Gasteiger partial charge in [-0.25, -0.2) is 0 Å². The van der Waals surface area contributed by atoms with Gasteiger partial charge in [-0.05, 0) is 16.8 Å². The molecule has 0 aliphatic rings. The summed E-state index contributed by atoms with van der Waals surface area (Å²) >= 11 is 0. The van der Waals surface area contributed by atoms with Crippen LogP contribution in [0.4, 0.5) is 0 Å². The highest BCUT2D eigenvalue weighted by Gasteiger charge is 1.99. The Balaban J connectivity index is 2.19. The number of fused-ring (bicyclic) bond motifs is 1. The zero-order valence-corrected chi connectivity index (χ0v) is 8.67. The van der Waals surface area contributed by atoms with Crippen molar-refractivity contribution in [3.8, 4) is 11.3 Å². The summed E-state index contributed by atoms with van der Waals surface area (Å²) in [6.07, 6.45) is 5.18. The minimum Gasteiger partial charge on any atom is -0.261 e. The molecule has 2 aromatic carbocycles. The SMILES string of the molecule is c1ccc2cc(-c3cnccn3)ccc2c1. The lowest BCUT2D eigenvalue weighted by Crippen LogP contribution is -1.84. The fourth-order valence-corrected chi connectivity index (χ4v) is 1.80.